The van der Waals surface area contributed by atoms with E-state index in [0.717, 1.165) is 6.42 Å². The quantitative estimate of drug-likeness (QED) is 0.854. The summed E-state index contributed by atoms with van der Waals surface area (Å²) in [7, 11) is 0. The van der Waals surface area contributed by atoms with Gasteiger partial charge in [-0.05, 0) is 36.2 Å². The molecule has 0 aromatic carbocycles. The molecule has 2 saturated heterocycles. The number of rotatable bonds is 2. The smallest absolute Gasteiger partial charge is 0.330 e. The van der Waals surface area contributed by atoms with Crippen molar-refractivity contribution in [3.8, 4) is 0 Å². The van der Waals surface area contributed by atoms with Crippen molar-refractivity contribution in [1.29, 1.82) is 0 Å². The summed E-state index contributed by atoms with van der Waals surface area (Å²) in [6.07, 6.45) is 0.779. The van der Waals surface area contributed by atoms with Gasteiger partial charge in [0.25, 0.3) is 5.56 Å². The van der Waals surface area contributed by atoms with Crippen LogP contribution in [0.5, 0.6) is 0 Å². The minimum Gasteiger partial charge on any atom is -0.349 e. The molecule has 21 heavy (non-hydrogen) atoms. The lowest BCUT2D eigenvalue weighted by molar-refractivity contribution is -0.197. The highest BCUT2D eigenvalue weighted by Crippen LogP contribution is 2.43. The summed E-state index contributed by atoms with van der Waals surface area (Å²) in [5.74, 6) is -0.714. The Hall–Kier alpha value is -0.960. The maximum atomic E-state index is 12.0. The fourth-order valence-electron chi connectivity index (χ4n) is 2.86. The third-order valence-electron chi connectivity index (χ3n) is 3.73. The first kappa shape index (κ1) is 15.0. The predicted octanol–water partition coefficient (Wildman–Crippen LogP) is 1.13. The van der Waals surface area contributed by atoms with Gasteiger partial charge in [0, 0.05) is 6.20 Å². The molecule has 0 amide bonds. The Morgan fingerprint density at radius 2 is 2.00 bits per heavy atom. The van der Waals surface area contributed by atoms with Gasteiger partial charge in [-0.25, -0.2) is 4.79 Å². The predicted molar refractivity (Wildman–Crippen MR) is 77.0 cm³/mol. The molecule has 0 radical (unpaired) electrons. The first-order valence-electron chi connectivity index (χ1n) is 6.84. The molecule has 3 rings (SSSR count). The summed E-state index contributed by atoms with van der Waals surface area (Å²) in [5.41, 5.74) is -1.00. The van der Waals surface area contributed by atoms with Crippen molar-refractivity contribution in [2.75, 3.05) is 0 Å². The van der Waals surface area contributed by atoms with Crippen molar-refractivity contribution in [3.05, 3.63) is 31.5 Å². The van der Waals surface area contributed by atoms with Gasteiger partial charge < -0.3 is 14.2 Å². The van der Waals surface area contributed by atoms with Gasteiger partial charge in [-0.15, -0.1) is 0 Å². The Morgan fingerprint density at radius 1 is 1.33 bits per heavy atom. The second kappa shape index (κ2) is 5.05. The first-order chi connectivity index (χ1) is 9.82. The molecule has 2 aliphatic heterocycles. The molecule has 0 bridgehead atoms. The van der Waals surface area contributed by atoms with E-state index in [9.17, 15) is 9.59 Å². The zero-order chi connectivity index (χ0) is 15.4. The maximum absolute atomic E-state index is 12.0. The molecule has 1 aromatic rings. The molecule has 0 unspecified atom stereocenters. The Bertz CT molecular complexity index is 667. The van der Waals surface area contributed by atoms with Gasteiger partial charge in [0.1, 0.15) is 12.2 Å². The summed E-state index contributed by atoms with van der Waals surface area (Å²) in [5, 5.41) is 0. The second-order valence-corrected chi connectivity index (χ2v) is 6.54. The summed E-state index contributed by atoms with van der Waals surface area (Å²) < 4.78 is 19.3. The minimum atomic E-state index is -0.714. The number of nitrogens with zero attached hydrogens (tertiary/aromatic N) is 1. The molecule has 0 saturated carbocycles. The Labute approximate surface area is 129 Å². The fraction of sp³-hybridized carbons (Fsp3) is 0.692. The fourth-order valence-corrected chi connectivity index (χ4v) is 3.18. The number of aromatic nitrogens is 2. The van der Waals surface area contributed by atoms with Gasteiger partial charge in [-0.3, -0.25) is 14.3 Å². The van der Waals surface area contributed by atoms with Gasteiger partial charge in [-0.1, -0.05) is 6.92 Å². The maximum Gasteiger partial charge on any atom is 0.330 e. The van der Waals surface area contributed by atoms with Crippen LogP contribution in [0.2, 0.25) is 0 Å². The molecule has 4 atom stereocenters. The van der Waals surface area contributed by atoms with Gasteiger partial charge in [0.05, 0.1) is 10.6 Å². The molecular weight excluding hydrogens is 344 g/mol. The van der Waals surface area contributed by atoms with E-state index in [1.807, 2.05) is 20.8 Å². The third-order valence-corrected chi connectivity index (χ3v) is 4.29. The molecule has 0 aliphatic carbocycles. The number of hydrogen-bond acceptors (Lipinski definition) is 5. The van der Waals surface area contributed by atoms with E-state index in [0.29, 0.717) is 0 Å². The van der Waals surface area contributed by atoms with Crippen LogP contribution >= 0.6 is 15.9 Å². The van der Waals surface area contributed by atoms with Crippen LogP contribution in [0, 0.1) is 0 Å². The Morgan fingerprint density at radius 3 is 2.67 bits per heavy atom. The van der Waals surface area contributed by atoms with Crippen molar-refractivity contribution in [2.24, 2.45) is 0 Å². The molecule has 1 aromatic heterocycles. The molecule has 116 valence electrons. The van der Waals surface area contributed by atoms with Gasteiger partial charge in [0.15, 0.2) is 12.0 Å². The number of H-pyrrole nitrogens is 1. The minimum absolute atomic E-state index is 0.153. The van der Waals surface area contributed by atoms with Crippen LogP contribution in [0.1, 0.15) is 33.4 Å². The number of halogens is 1. The van der Waals surface area contributed by atoms with Crippen molar-refractivity contribution < 1.29 is 14.2 Å². The number of aromatic amines is 1. The van der Waals surface area contributed by atoms with Crippen LogP contribution in [0.4, 0.5) is 0 Å². The van der Waals surface area contributed by atoms with E-state index >= 15 is 0 Å². The average Bonchev–Trinajstić information content (AvgIpc) is 2.87. The molecule has 8 heteroatoms. The number of nitrogens with one attached hydrogen (secondary N) is 1. The SMILES string of the molecule is CC[C@H]1O[C@@H](n2cc(Br)c(=O)[nH]c2=O)[C@@H]2OC(C)(C)O[C@@H]21. The molecule has 2 aliphatic rings. The monoisotopic (exact) mass is 360 g/mol. The van der Waals surface area contributed by atoms with E-state index in [2.05, 4.69) is 20.9 Å². The van der Waals surface area contributed by atoms with E-state index in [-0.39, 0.29) is 22.8 Å². The van der Waals surface area contributed by atoms with Gasteiger partial charge in [0.2, 0.25) is 0 Å². The van der Waals surface area contributed by atoms with E-state index < -0.39 is 23.3 Å². The van der Waals surface area contributed by atoms with E-state index in [1.54, 1.807) is 0 Å². The van der Waals surface area contributed by atoms with Crippen LogP contribution in [0.15, 0.2) is 20.3 Å². The highest BCUT2D eigenvalue weighted by atomic mass is 79.9. The molecule has 2 fully saturated rings. The zero-order valence-electron chi connectivity index (χ0n) is 12.0. The number of hydrogen-bond donors (Lipinski definition) is 1. The highest BCUT2D eigenvalue weighted by Gasteiger charge is 2.55. The van der Waals surface area contributed by atoms with E-state index in [4.69, 9.17) is 14.2 Å². The van der Waals surface area contributed by atoms with Gasteiger partial charge >= 0.3 is 5.69 Å². The standard InChI is InChI=1S/C13H17BrN2O5/c1-4-7-8-9(21-13(2,3)20-8)11(19-7)16-5-6(14)10(17)15-12(16)18/h5,7-9,11H,4H2,1-3H3,(H,15,17,18)/t7-,8-,9-,11-/m1/s1. The van der Waals surface area contributed by atoms with E-state index in [1.165, 1.54) is 10.8 Å². The van der Waals surface area contributed by atoms with Crippen molar-refractivity contribution in [2.45, 2.75) is 57.5 Å². The summed E-state index contributed by atoms with van der Waals surface area (Å²) in [6, 6.07) is 0. The largest absolute Gasteiger partial charge is 0.349 e. The van der Waals surface area contributed by atoms with Crippen molar-refractivity contribution in [1.82, 2.24) is 9.55 Å². The molecular formula is C13H17BrN2O5. The average molecular weight is 361 g/mol. The number of fused-ring (bicyclic) bond motifs is 1. The lowest BCUT2D eigenvalue weighted by Gasteiger charge is -2.24. The topological polar surface area (TPSA) is 82.6 Å². The van der Waals surface area contributed by atoms with Crippen LogP contribution < -0.4 is 11.2 Å². The Balaban J connectivity index is 2.01. The molecule has 3 heterocycles. The highest BCUT2D eigenvalue weighted by molar-refractivity contribution is 9.10. The van der Waals surface area contributed by atoms with Crippen LogP contribution in [0.3, 0.4) is 0 Å². The lowest BCUT2D eigenvalue weighted by Crippen LogP contribution is -2.37. The van der Waals surface area contributed by atoms with Crippen LogP contribution in [0.25, 0.3) is 0 Å². The van der Waals surface area contributed by atoms with Crippen molar-refractivity contribution >= 4 is 15.9 Å². The number of ether oxygens (including phenoxy) is 3. The molecule has 7 nitrogen and oxygen atoms in total. The first-order valence-corrected chi connectivity index (χ1v) is 7.64. The molecule has 1 N–H and O–H groups in total. The summed E-state index contributed by atoms with van der Waals surface area (Å²) in [6.45, 7) is 5.66. The molecule has 0 spiro atoms. The summed E-state index contributed by atoms with van der Waals surface area (Å²) >= 11 is 3.12. The zero-order valence-corrected chi connectivity index (χ0v) is 13.5. The van der Waals surface area contributed by atoms with Crippen molar-refractivity contribution in [3.63, 3.8) is 0 Å². The summed E-state index contributed by atoms with van der Waals surface area (Å²) in [4.78, 5) is 25.7. The van der Waals surface area contributed by atoms with Crippen LogP contribution in [-0.2, 0) is 14.2 Å². The second-order valence-electron chi connectivity index (χ2n) is 5.68. The third kappa shape index (κ3) is 2.50. The van der Waals surface area contributed by atoms with Gasteiger partial charge in [-0.2, -0.15) is 0 Å². The Kier molecular flexibility index (Phi) is 3.59. The lowest BCUT2D eigenvalue weighted by atomic mass is 10.1. The normalized spacial score (nSPS) is 34.1. The van der Waals surface area contributed by atoms with Crippen LogP contribution in [-0.4, -0.2) is 33.7 Å².